The normalized spacial score (nSPS) is 11.2. The topological polar surface area (TPSA) is 53.1 Å². The molecule has 4 nitrogen and oxygen atoms in total. The third-order valence-electron chi connectivity index (χ3n) is 3.65. The average Bonchev–Trinajstić information content (AvgIpc) is 2.90. The van der Waals surface area contributed by atoms with Gasteiger partial charge in [-0.3, -0.25) is 0 Å². The van der Waals surface area contributed by atoms with Crippen LogP contribution in [0.4, 0.5) is 0 Å². The minimum absolute atomic E-state index is 0.551. The molecule has 2 aromatic carbocycles. The second kappa shape index (κ2) is 6.73. The number of ether oxygens (including phenoxy) is 1. The van der Waals surface area contributed by atoms with Gasteiger partial charge in [0, 0.05) is 18.7 Å². The molecule has 1 aromatic heterocycles. The molecule has 0 radical (unpaired) electrons. The van der Waals surface area contributed by atoms with Gasteiger partial charge in [0.2, 0.25) is 0 Å². The Morgan fingerprint density at radius 3 is 2.77 bits per heavy atom. The van der Waals surface area contributed by atoms with Gasteiger partial charge in [0.15, 0.2) is 0 Å². The first-order valence-electron chi connectivity index (χ1n) is 7.59. The van der Waals surface area contributed by atoms with Gasteiger partial charge in [-0.1, -0.05) is 35.9 Å². The largest absolute Gasteiger partial charge is 0.378 e. The fourth-order valence-corrected chi connectivity index (χ4v) is 2.65. The van der Waals surface area contributed by atoms with E-state index < -0.39 is 0 Å². The number of rotatable bonds is 6. The molecule has 4 heteroatoms. The molecule has 2 N–H and O–H groups in total. The van der Waals surface area contributed by atoms with Crippen LogP contribution in [0.3, 0.4) is 0 Å². The number of aryl methyl sites for hydroxylation is 1. The predicted octanol–water partition coefficient (Wildman–Crippen LogP) is 2.99. The lowest BCUT2D eigenvalue weighted by Crippen LogP contribution is -2.13. The van der Waals surface area contributed by atoms with Crippen molar-refractivity contribution in [3.05, 3.63) is 54.1 Å². The molecule has 1 heterocycles. The molecule has 0 aliphatic carbocycles. The Bertz CT molecular complexity index is 764. The fourth-order valence-electron chi connectivity index (χ4n) is 2.65. The zero-order chi connectivity index (χ0) is 15.4. The maximum Gasteiger partial charge on any atom is 0.141 e. The van der Waals surface area contributed by atoms with Crippen molar-refractivity contribution in [2.24, 2.45) is 5.73 Å². The Hall–Kier alpha value is -2.17. The first-order valence-corrected chi connectivity index (χ1v) is 7.59. The van der Waals surface area contributed by atoms with Crippen LogP contribution in [0.1, 0.15) is 5.56 Å². The minimum atomic E-state index is 0.551. The summed E-state index contributed by atoms with van der Waals surface area (Å²) in [5.41, 5.74) is 9.98. The molecular weight excluding hydrogens is 274 g/mol. The van der Waals surface area contributed by atoms with Crippen molar-refractivity contribution in [3.8, 4) is 11.4 Å². The zero-order valence-electron chi connectivity index (χ0n) is 12.8. The van der Waals surface area contributed by atoms with Crippen molar-refractivity contribution < 1.29 is 4.74 Å². The average molecular weight is 295 g/mol. The third-order valence-corrected chi connectivity index (χ3v) is 3.65. The van der Waals surface area contributed by atoms with Gasteiger partial charge in [-0.25, -0.2) is 4.98 Å². The van der Waals surface area contributed by atoms with Crippen LogP contribution in [0, 0.1) is 6.92 Å². The molecular formula is C18H21N3O. The van der Waals surface area contributed by atoms with E-state index in [1.807, 2.05) is 18.2 Å². The molecule has 0 atom stereocenters. The quantitative estimate of drug-likeness (QED) is 0.711. The van der Waals surface area contributed by atoms with Crippen LogP contribution in [0.2, 0.25) is 0 Å². The summed E-state index contributed by atoms with van der Waals surface area (Å²) >= 11 is 0. The van der Waals surface area contributed by atoms with E-state index in [1.165, 1.54) is 5.56 Å². The van der Waals surface area contributed by atoms with E-state index in [0.29, 0.717) is 19.8 Å². The maximum absolute atomic E-state index is 5.55. The highest BCUT2D eigenvalue weighted by molar-refractivity contribution is 5.80. The number of fused-ring (bicyclic) bond motifs is 1. The van der Waals surface area contributed by atoms with Crippen LogP contribution in [0.15, 0.2) is 48.5 Å². The number of para-hydroxylation sites is 2. The van der Waals surface area contributed by atoms with Gasteiger partial charge in [0.05, 0.1) is 24.2 Å². The molecule has 0 aliphatic heterocycles. The second-order valence-electron chi connectivity index (χ2n) is 5.35. The van der Waals surface area contributed by atoms with E-state index in [1.54, 1.807) is 0 Å². The minimum Gasteiger partial charge on any atom is -0.378 e. The van der Waals surface area contributed by atoms with Gasteiger partial charge in [0.25, 0.3) is 0 Å². The molecule has 0 saturated carbocycles. The summed E-state index contributed by atoms with van der Waals surface area (Å²) in [6.07, 6.45) is 0. The second-order valence-corrected chi connectivity index (χ2v) is 5.35. The highest BCUT2D eigenvalue weighted by atomic mass is 16.5. The molecule has 0 bridgehead atoms. The van der Waals surface area contributed by atoms with Crippen molar-refractivity contribution in [2.75, 3.05) is 19.8 Å². The lowest BCUT2D eigenvalue weighted by Gasteiger charge is -2.10. The standard InChI is InChI=1S/C18H21N3O/c1-14-5-4-6-15(13-14)18-20-16-7-2-3-8-17(16)21(18)10-12-22-11-9-19/h2-8,13H,9-12,19H2,1H3. The Morgan fingerprint density at radius 2 is 1.95 bits per heavy atom. The molecule has 0 amide bonds. The molecule has 3 aromatic rings. The van der Waals surface area contributed by atoms with Gasteiger partial charge in [-0.2, -0.15) is 0 Å². The van der Waals surface area contributed by atoms with E-state index in [2.05, 4.69) is 41.8 Å². The van der Waals surface area contributed by atoms with E-state index >= 15 is 0 Å². The zero-order valence-corrected chi connectivity index (χ0v) is 12.8. The molecule has 0 unspecified atom stereocenters. The molecule has 114 valence electrons. The van der Waals surface area contributed by atoms with Crippen LogP contribution in [0.5, 0.6) is 0 Å². The first-order chi connectivity index (χ1) is 10.8. The van der Waals surface area contributed by atoms with Gasteiger partial charge >= 0.3 is 0 Å². The summed E-state index contributed by atoms with van der Waals surface area (Å²) < 4.78 is 7.77. The summed E-state index contributed by atoms with van der Waals surface area (Å²) in [5.74, 6) is 0.987. The van der Waals surface area contributed by atoms with Crippen molar-refractivity contribution >= 4 is 11.0 Å². The number of hydrogen-bond acceptors (Lipinski definition) is 3. The van der Waals surface area contributed by atoms with Gasteiger partial charge in [-0.05, 0) is 25.1 Å². The van der Waals surface area contributed by atoms with E-state index in [-0.39, 0.29) is 0 Å². The molecule has 0 spiro atoms. The van der Waals surface area contributed by atoms with Gasteiger partial charge in [0.1, 0.15) is 5.82 Å². The number of hydrogen-bond donors (Lipinski definition) is 1. The van der Waals surface area contributed by atoms with E-state index in [4.69, 9.17) is 15.5 Å². The van der Waals surface area contributed by atoms with Crippen LogP contribution < -0.4 is 5.73 Å². The van der Waals surface area contributed by atoms with Gasteiger partial charge in [-0.15, -0.1) is 0 Å². The van der Waals surface area contributed by atoms with Crippen molar-refractivity contribution in [2.45, 2.75) is 13.5 Å². The summed E-state index contributed by atoms with van der Waals surface area (Å²) in [4.78, 5) is 4.81. The fraction of sp³-hybridized carbons (Fsp3) is 0.278. The Morgan fingerprint density at radius 1 is 1.09 bits per heavy atom. The lowest BCUT2D eigenvalue weighted by atomic mass is 10.1. The van der Waals surface area contributed by atoms with Crippen LogP contribution in [0.25, 0.3) is 22.4 Å². The molecule has 22 heavy (non-hydrogen) atoms. The highest BCUT2D eigenvalue weighted by Gasteiger charge is 2.12. The smallest absolute Gasteiger partial charge is 0.141 e. The van der Waals surface area contributed by atoms with Crippen molar-refractivity contribution in [3.63, 3.8) is 0 Å². The van der Waals surface area contributed by atoms with Gasteiger partial charge < -0.3 is 15.0 Å². The summed E-state index contributed by atoms with van der Waals surface area (Å²) in [7, 11) is 0. The monoisotopic (exact) mass is 295 g/mol. The third kappa shape index (κ3) is 3.03. The predicted molar refractivity (Wildman–Crippen MR) is 89.8 cm³/mol. The van der Waals surface area contributed by atoms with Crippen LogP contribution in [-0.4, -0.2) is 29.3 Å². The van der Waals surface area contributed by atoms with Crippen molar-refractivity contribution in [1.29, 1.82) is 0 Å². The summed E-state index contributed by atoms with van der Waals surface area (Å²) in [6.45, 7) is 4.64. The number of nitrogens with zero attached hydrogens (tertiary/aromatic N) is 2. The molecule has 3 rings (SSSR count). The Labute approximate surface area is 130 Å². The van der Waals surface area contributed by atoms with E-state index in [0.717, 1.165) is 29.0 Å². The summed E-state index contributed by atoms with van der Waals surface area (Å²) in [5, 5.41) is 0. The Kier molecular flexibility index (Phi) is 4.51. The molecule has 0 fully saturated rings. The molecule has 0 aliphatic rings. The van der Waals surface area contributed by atoms with E-state index in [9.17, 15) is 0 Å². The number of aromatic nitrogens is 2. The lowest BCUT2D eigenvalue weighted by molar-refractivity contribution is 0.134. The maximum atomic E-state index is 5.55. The highest BCUT2D eigenvalue weighted by Crippen LogP contribution is 2.25. The SMILES string of the molecule is Cc1cccc(-c2nc3ccccc3n2CCOCCN)c1. The van der Waals surface area contributed by atoms with Crippen LogP contribution in [-0.2, 0) is 11.3 Å². The van der Waals surface area contributed by atoms with Crippen LogP contribution >= 0.6 is 0 Å². The number of nitrogens with two attached hydrogens (primary N) is 1. The Balaban J connectivity index is 2.00. The molecule has 0 saturated heterocycles. The summed E-state index contributed by atoms with van der Waals surface area (Å²) in [6, 6.07) is 16.6. The van der Waals surface area contributed by atoms with Crippen molar-refractivity contribution in [1.82, 2.24) is 9.55 Å². The number of imidazole rings is 1. The first kappa shape index (κ1) is 14.8. The number of benzene rings is 2.